The van der Waals surface area contributed by atoms with E-state index in [4.69, 9.17) is 5.10 Å². The van der Waals surface area contributed by atoms with Crippen molar-refractivity contribution in [3.63, 3.8) is 0 Å². The van der Waals surface area contributed by atoms with Crippen molar-refractivity contribution in [1.82, 2.24) is 14.3 Å². The van der Waals surface area contributed by atoms with Crippen LogP contribution in [-0.2, 0) is 11.3 Å². The lowest BCUT2D eigenvalue weighted by Crippen LogP contribution is -2.27. The summed E-state index contributed by atoms with van der Waals surface area (Å²) in [4.78, 5) is 35.0. The molecule has 2 heterocycles. The Morgan fingerprint density at radius 3 is 2.60 bits per heavy atom. The minimum Gasteiger partial charge on any atom is -0.309 e. The summed E-state index contributed by atoms with van der Waals surface area (Å²) < 4.78 is 2.70. The molecule has 1 N–H and O–H groups in total. The maximum absolute atomic E-state index is 12.6. The number of rotatable bonds is 6. The molecular formula is C21H21N5O4. The number of hydrogen-bond donors (Lipinski definition) is 1. The minimum atomic E-state index is -0.605. The van der Waals surface area contributed by atoms with Crippen LogP contribution in [0.15, 0.2) is 59.5 Å². The third-order valence-corrected chi connectivity index (χ3v) is 5.26. The van der Waals surface area contributed by atoms with E-state index in [0.29, 0.717) is 11.7 Å². The molecule has 1 aromatic carbocycles. The Hall–Kier alpha value is -3.75. The van der Waals surface area contributed by atoms with Crippen molar-refractivity contribution >= 4 is 17.4 Å². The number of nitro groups is 1. The Kier molecular flexibility index (Phi) is 5.42. The fourth-order valence-corrected chi connectivity index (χ4v) is 3.76. The zero-order chi connectivity index (χ0) is 21.1. The Bertz CT molecular complexity index is 1130. The number of amides is 1. The van der Waals surface area contributed by atoms with Crippen LogP contribution in [0.4, 0.5) is 11.5 Å². The SMILES string of the molecule is O=C(Cn1cc([N+](=O)[O-])ccc1=O)Nc1cc(C2CCCC2)nn1-c1ccccc1. The van der Waals surface area contributed by atoms with Gasteiger partial charge in [0, 0.05) is 24.1 Å². The number of pyridine rings is 1. The van der Waals surface area contributed by atoms with Crippen LogP contribution in [0.1, 0.15) is 37.3 Å². The molecule has 9 nitrogen and oxygen atoms in total. The van der Waals surface area contributed by atoms with Crippen LogP contribution in [-0.4, -0.2) is 25.2 Å². The quantitative estimate of drug-likeness (QED) is 0.498. The van der Waals surface area contributed by atoms with Crippen molar-refractivity contribution < 1.29 is 9.72 Å². The molecule has 30 heavy (non-hydrogen) atoms. The van der Waals surface area contributed by atoms with Gasteiger partial charge in [-0.2, -0.15) is 5.10 Å². The van der Waals surface area contributed by atoms with Gasteiger partial charge >= 0.3 is 0 Å². The van der Waals surface area contributed by atoms with E-state index >= 15 is 0 Å². The van der Waals surface area contributed by atoms with Crippen LogP contribution in [0.3, 0.4) is 0 Å². The maximum atomic E-state index is 12.6. The Morgan fingerprint density at radius 2 is 1.90 bits per heavy atom. The Labute approximate surface area is 172 Å². The maximum Gasteiger partial charge on any atom is 0.285 e. The smallest absolute Gasteiger partial charge is 0.285 e. The normalized spacial score (nSPS) is 14.0. The number of benzene rings is 1. The molecule has 0 spiro atoms. The third kappa shape index (κ3) is 4.14. The largest absolute Gasteiger partial charge is 0.309 e. The Balaban J connectivity index is 1.60. The minimum absolute atomic E-state index is 0.250. The van der Waals surface area contributed by atoms with Gasteiger partial charge in [-0.3, -0.25) is 24.3 Å². The summed E-state index contributed by atoms with van der Waals surface area (Å²) in [5.74, 6) is 0.407. The summed E-state index contributed by atoms with van der Waals surface area (Å²) in [6, 6.07) is 13.5. The average molecular weight is 407 g/mol. The van der Waals surface area contributed by atoms with Crippen molar-refractivity contribution in [3.05, 3.63) is 80.9 Å². The molecule has 2 aromatic heterocycles. The first-order valence-electron chi connectivity index (χ1n) is 9.81. The van der Waals surface area contributed by atoms with Crippen molar-refractivity contribution in [2.75, 3.05) is 5.32 Å². The van der Waals surface area contributed by atoms with Crippen LogP contribution < -0.4 is 10.9 Å². The number of carbonyl (C=O) groups is 1. The van der Waals surface area contributed by atoms with Gasteiger partial charge in [-0.15, -0.1) is 0 Å². The van der Waals surface area contributed by atoms with E-state index in [1.165, 1.54) is 12.8 Å². The number of hydrogen-bond acceptors (Lipinski definition) is 5. The van der Waals surface area contributed by atoms with Gasteiger partial charge in [0.2, 0.25) is 5.91 Å². The zero-order valence-electron chi connectivity index (χ0n) is 16.2. The lowest BCUT2D eigenvalue weighted by atomic mass is 10.0. The molecule has 1 fully saturated rings. The summed E-state index contributed by atoms with van der Waals surface area (Å²) in [5, 5.41) is 18.5. The monoisotopic (exact) mass is 407 g/mol. The zero-order valence-corrected chi connectivity index (χ0v) is 16.2. The lowest BCUT2D eigenvalue weighted by Gasteiger charge is -2.10. The average Bonchev–Trinajstić information content (AvgIpc) is 3.40. The molecule has 9 heteroatoms. The number of anilines is 1. The van der Waals surface area contributed by atoms with Gasteiger partial charge in [0.05, 0.1) is 22.5 Å². The fourth-order valence-electron chi connectivity index (χ4n) is 3.76. The lowest BCUT2D eigenvalue weighted by molar-refractivity contribution is -0.385. The van der Waals surface area contributed by atoms with E-state index in [1.807, 2.05) is 36.4 Å². The van der Waals surface area contributed by atoms with E-state index in [9.17, 15) is 19.7 Å². The van der Waals surface area contributed by atoms with Crippen molar-refractivity contribution in [1.29, 1.82) is 0 Å². The third-order valence-electron chi connectivity index (χ3n) is 5.26. The van der Waals surface area contributed by atoms with Gasteiger partial charge < -0.3 is 5.32 Å². The molecule has 0 bridgehead atoms. The van der Waals surface area contributed by atoms with Crippen LogP contribution in [0.5, 0.6) is 0 Å². The predicted molar refractivity (Wildman–Crippen MR) is 111 cm³/mol. The summed E-state index contributed by atoms with van der Waals surface area (Å²) in [7, 11) is 0. The number of aromatic nitrogens is 3. The van der Waals surface area contributed by atoms with Gasteiger partial charge in [-0.05, 0) is 25.0 Å². The first-order chi connectivity index (χ1) is 14.5. The molecular weight excluding hydrogens is 386 g/mol. The highest BCUT2D eigenvalue weighted by molar-refractivity contribution is 5.90. The van der Waals surface area contributed by atoms with Crippen LogP contribution in [0.25, 0.3) is 5.69 Å². The number of nitrogens with one attached hydrogen (secondary N) is 1. The standard InChI is InChI=1S/C21H21N5O4/c27-20(14-24-13-17(26(29)30)10-11-21(24)28)22-19-12-18(15-6-4-5-7-15)23-25(19)16-8-2-1-3-9-16/h1-3,8-13,15H,4-7,14H2,(H,22,27). The highest BCUT2D eigenvalue weighted by Crippen LogP contribution is 2.35. The second kappa shape index (κ2) is 8.32. The molecule has 154 valence electrons. The fraction of sp³-hybridized carbons (Fsp3) is 0.286. The molecule has 1 aliphatic rings. The van der Waals surface area contributed by atoms with Gasteiger partial charge in [0.25, 0.3) is 11.2 Å². The molecule has 1 amide bonds. The van der Waals surface area contributed by atoms with E-state index in [1.54, 1.807) is 4.68 Å². The van der Waals surface area contributed by atoms with Gasteiger partial charge in [0.15, 0.2) is 0 Å². The molecule has 0 aliphatic heterocycles. The molecule has 0 atom stereocenters. The number of nitrogens with zero attached hydrogens (tertiary/aromatic N) is 4. The molecule has 1 saturated carbocycles. The summed E-state index contributed by atoms with van der Waals surface area (Å²) >= 11 is 0. The van der Waals surface area contributed by atoms with E-state index in [2.05, 4.69) is 5.32 Å². The van der Waals surface area contributed by atoms with Gasteiger partial charge in [0.1, 0.15) is 12.4 Å². The Morgan fingerprint density at radius 1 is 1.17 bits per heavy atom. The predicted octanol–water partition coefficient (Wildman–Crippen LogP) is 3.24. The van der Waals surface area contributed by atoms with Gasteiger partial charge in [-0.1, -0.05) is 31.0 Å². The molecule has 0 unspecified atom stereocenters. The van der Waals surface area contributed by atoms with Crippen molar-refractivity contribution in [3.8, 4) is 5.69 Å². The highest BCUT2D eigenvalue weighted by atomic mass is 16.6. The van der Waals surface area contributed by atoms with Crippen molar-refractivity contribution in [2.45, 2.75) is 38.1 Å². The molecule has 0 radical (unpaired) electrons. The number of carbonyl (C=O) groups excluding carboxylic acids is 1. The van der Waals surface area contributed by atoms with E-state index < -0.39 is 16.4 Å². The van der Waals surface area contributed by atoms with Crippen LogP contribution >= 0.6 is 0 Å². The van der Waals surface area contributed by atoms with Crippen molar-refractivity contribution in [2.24, 2.45) is 0 Å². The second-order valence-electron chi connectivity index (χ2n) is 7.34. The highest BCUT2D eigenvalue weighted by Gasteiger charge is 2.22. The summed E-state index contributed by atoms with van der Waals surface area (Å²) in [6.45, 7) is -0.334. The summed E-state index contributed by atoms with van der Waals surface area (Å²) in [5.41, 5.74) is 1.00. The topological polar surface area (TPSA) is 112 Å². The van der Waals surface area contributed by atoms with Gasteiger partial charge in [-0.25, -0.2) is 4.68 Å². The summed E-state index contributed by atoms with van der Waals surface area (Å²) in [6.07, 6.45) is 5.55. The van der Waals surface area contributed by atoms with Crippen LogP contribution in [0, 0.1) is 10.1 Å². The first-order valence-corrected chi connectivity index (χ1v) is 9.81. The van der Waals surface area contributed by atoms with Crippen LogP contribution in [0.2, 0.25) is 0 Å². The first kappa shape index (κ1) is 19.6. The second-order valence-corrected chi connectivity index (χ2v) is 7.34. The number of para-hydroxylation sites is 1. The molecule has 4 rings (SSSR count). The molecule has 0 saturated heterocycles. The molecule has 3 aromatic rings. The van der Waals surface area contributed by atoms with E-state index in [0.717, 1.165) is 47.1 Å². The molecule has 1 aliphatic carbocycles. The van der Waals surface area contributed by atoms with E-state index in [-0.39, 0.29) is 12.2 Å².